The fourth-order valence-electron chi connectivity index (χ4n) is 2.43. The number of rotatable bonds is 8. The van der Waals surface area contributed by atoms with Gasteiger partial charge in [-0.1, -0.05) is 30.3 Å². The predicted octanol–water partition coefficient (Wildman–Crippen LogP) is 3.85. The Hall–Kier alpha value is -3.21. The summed E-state index contributed by atoms with van der Waals surface area (Å²) in [6, 6.07) is 20.9. The summed E-state index contributed by atoms with van der Waals surface area (Å²) in [5.74, 6) is 1.65. The number of hydrogen-bond acceptors (Lipinski definition) is 5. The van der Waals surface area contributed by atoms with Gasteiger partial charge in [0, 0.05) is 0 Å². The zero-order valence-corrected chi connectivity index (χ0v) is 14.5. The molecule has 0 aliphatic carbocycles. The second-order valence-electron chi connectivity index (χ2n) is 5.54. The van der Waals surface area contributed by atoms with Crippen LogP contribution in [-0.4, -0.2) is 32.9 Å². The fraction of sp³-hybridized carbons (Fsp3) is 0.190. The van der Waals surface area contributed by atoms with Gasteiger partial charge in [-0.15, -0.1) is 0 Å². The summed E-state index contributed by atoms with van der Waals surface area (Å²) in [5, 5.41) is 2.18. The maximum absolute atomic E-state index is 11.8. The summed E-state index contributed by atoms with van der Waals surface area (Å²) in [5.41, 5.74) is 0. The first-order chi connectivity index (χ1) is 12.7. The van der Waals surface area contributed by atoms with E-state index in [9.17, 15) is 4.79 Å². The first kappa shape index (κ1) is 17.6. The molecule has 0 spiro atoms. The van der Waals surface area contributed by atoms with Gasteiger partial charge in [0.25, 0.3) is 0 Å². The molecular formula is C21H20O5. The van der Waals surface area contributed by atoms with E-state index in [1.807, 2.05) is 42.5 Å². The Bertz CT molecular complexity index is 858. The van der Waals surface area contributed by atoms with Crippen molar-refractivity contribution in [2.45, 2.75) is 0 Å². The summed E-state index contributed by atoms with van der Waals surface area (Å²) in [4.78, 5) is 11.8. The summed E-state index contributed by atoms with van der Waals surface area (Å²) in [7, 11) is 1.61. The molecule has 26 heavy (non-hydrogen) atoms. The molecule has 0 aliphatic heterocycles. The van der Waals surface area contributed by atoms with E-state index in [1.165, 1.54) is 0 Å². The van der Waals surface area contributed by atoms with Crippen LogP contribution in [0.5, 0.6) is 17.2 Å². The lowest BCUT2D eigenvalue weighted by molar-refractivity contribution is -0.146. The van der Waals surface area contributed by atoms with Crippen LogP contribution < -0.4 is 14.2 Å². The third-order valence-electron chi connectivity index (χ3n) is 3.75. The van der Waals surface area contributed by atoms with Crippen molar-refractivity contribution < 1.29 is 23.7 Å². The average Bonchev–Trinajstić information content (AvgIpc) is 2.70. The van der Waals surface area contributed by atoms with Gasteiger partial charge in [0.05, 0.1) is 7.11 Å². The van der Waals surface area contributed by atoms with Crippen LogP contribution in [0.2, 0.25) is 0 Å². The number of fused-ring (bicyclic) bond motifs is 1. The monoisotopic (exact) mass is 352 g/mol. The molecule has 0 aromatic heterocycles. The van der Waals surface area contributed by atoms with Gasteiger partial charge in [0.15, 0.2) is 6.61 Å². The number of carbonyl (C=O) groups is 1. The topological polar surface area (TPSA) is 54.0 Å². The molecule has 3 aromatic carbocycles. The van der Waals surface area contributed by atoms with E-state index in [2.05, 4.69) is 0 Å². The summed E-state index contributed by atoms with van der Waals surface area (Å²) in [6.07, 6.45) is 0. The van der Waals surface area contributed by atoms with Crippen molar-refractivity contribution in [3.05, 3.63) is 66.7 Å². The lowest BCUT2D eigenvalue weighted by atomic mass is 10.1. The van der Waals surface area contributed by atoms with Crippen LogP contribution in [0.25, 0.3) is 10.8 Å². The average molecular weight is 352 g/mol. The molecule has 5 heteroatoms. The molecule has 0 bridgehead atoms. The quantitative estimate of drug-likeness (QED) is 0.455. The van der Waals surface area contributed by atoms with Crippen molar-refractivity contribution in [3.8, 4) is 17.2 Å². The molecular weight excluding hydrogens is 332 g/mol. The first-order valence-corrected chi connectivity index (χ1v) is 8.29. The molecule has 0 amide bonds. The first-order valence-electron chi connectivity index (χ1n) is 8.29. The maximum Gasteiger partial charge on any atom is 0.344 e. The molecule has 0 N–H and O–H groups in total. The maximum atomic E-state index is 11.8. The zero-order valence-electron chi connectivity index (χ0n) is 14.5. The number of carbonyl (C=O) groups excluding carboxylic acids is 1. The highest BCUT2D eigenvalue weighted by atomic mass is 16.6. The normalized spacial score (nSPS) is 10.3. The smallest absolute Gasteiger partial charge is 0.344 e. The number of ether oxygens (including phenoxy) is 4. The lowest BCUT2D eigenvalue weighted by Crippen LogP contribution is -2.18. The van der Waals surface area contributed by atoms with Gasteiger partial charge in [-0.3, -0.25) is 0 Å². The number of methoxy groups -OCH3 is 1. The summed E-state index contributed by atoms with van der Waals surface area (Å²) in [6.45, 7) is 0.293. The van der Waals surface area contributed by atoms with Crippen molar-refractivity contribution in [1.29, 1.82) is 0 Å². The van der Waals surface area contributed by atoms with Crippen LogP contribution in [0.4, 0.5) is 0 Å². The molecule has 0 radical (unpaired) electrons. The van der Waals surface area contributed by atoms with Gasteiger partial charge in [-0.25, -0.2) is 4.79 Å². The van der Waals surface area contributed by atoms with Crippen LogP contribution in [0.1, 0.15) is 0 Å². The molecule has 5 nitrogen and oxygen atoms in total. The minimum Gasteiger partial charge on any atom is -0.497 e. The van der Waals surface area contributed by atoms with Crippen LogP contribution >= 0.6 is 0 Å². The number of hydrogen-bond donors (Lipinski definition) is 0. The Kier molecular flexibility index (Phi) is 5.93. The highest BCUT2D eigenvalue weighted by molar-refractivity contribution is 5.83. The van der Waals surface area contributed by atoms with Gasteiger partial charge in [0.1, 0.15) is 30.5 Å². The Labute approximate surface area is 152 Å². The molecule has 0 saturated carbocycles. The predicted molar refractivity (Wildman–Crippen MR) is 98.9 cm³/mol. The van der Waals surface area contributed by atoms with Gasteiger partial charge in [-0.2, -0.15) is 0 Å². The van der Waals surface area contributed by atoms with Crippen molar-refractivity contribution in [2.24, 2.45) is 0 Å². The summed E-state index contributed by atoms with van der Waals surface area (Å²) < 4.78 is 21.2. The van der Waals surface area contributed by atoms with Crippen LogP contribution in [0.3, 0.4) is 0 Å². The third-order valence-corrected chi connectivity index (χ3v) is 3.75. The van der Waals surface area contributed by atoms with Crippen LogP contribution in [0, 0.1) is 0 Å². The van der Waals surface area contributed by atoms with E-state index in [4.69, 9.17) is 18.9 Å². The molecule has 0 heterocycles. The van der Waals surface area contributed by atoms with Gasteiger partial charge >= 0.3 is 5.97 Å². The van der Waals surface area contributed by atoms with Crippen LogP contribution in [0.15, 0.2) is 66.7 Å². The van der Waals surface area contributed by atoms with E-state index in [1.54, 1.807) is 31.4 Å². The third kappa shape index (κ3) is 4.89. The van der Waals surface area contributed by atoms with Crippen LogP contribution in [-0.2, 0) is 9.53 Å². The molecule has 134 valence electrons. The Balaban J connectivity index is 1.38. The van der Waals surface area contributed by atoms with E-state index in [0.29, 0.717) is 11.5 Å². The highest BCUT2D eigenvalue weighted by Crippen LogP contribution is 2.20. The van der Waals surface area contributed by atoms with E-state index in [-0.39, 0.29) is 19.8 Å². The Morgan fingerprint density at radius 1 is 0.769 bits per heavy atom. The molecule has 0 fully saturated rings. The van der Waals surface area contributed by atoms with Gasteiger partial charge in [-0.05, 0) is 47.2 Å². The van der Waals surface area contributed by atoms with E-state index >= 15 is 0 Å². The Morgan fingerprint density at radius 3 is 2.23 bits per heavy atom. The highest BCUT2D eigenvalue weighted by Gasteiger charge is 2.05. The number of esters is 1. The fourth-order valence-corrected chi connectivity index (χ4v) is 2.43. The van der Waals surface area contributed by atoms with Crippen molar-refractivity contribution in [2.75, 3.05) is 26.9 Å². The van der Waals surface area contributed by atoms with Crippen molar-refractivity contribution in [3.63, 3.8) is 0 Å². The minimum absolute atomic E-state index is 0.138. The van der Waals surface area contributed by atoms with E-state index < -0.39 is 5.97 Å². The second kappa shape index (κ2) is 8.76. The molecule has 0 saturated heterocycles. The zero-order chi connectivity index (χ0) is 18.2. The SMILES string of the molecule is COc1ccc(OCCOC(=O)COc2ccc3ccccc3c2)cc1. The largest absolute Gasteiger partial charge is 0.497 e. The molecule has 0 aliphatic rings. The number of benzene rings is 3. The van der Waals surface area contributed by atoms with Gasteiger partial charge < -0.3 is 18.9 Å². The van der Waals surface area contributed by atoms with Crippen molar-refractivity contribution >= 4 is 16.7 Å². The molecule has 0 unspecified atom stereocenters. The molecule has 3 rings (SSSR count). The van der Waals surface area contributed by atoms with Gasteiger partial charge in [0.2, 0.25) is 0 Å². The molecule has 3 aromatic rings. The van der Waals surface area contributed by atoms with E-state index in [0.717, 1.165) is 16.5 Å². The second-order valence-corrected chi connectivity index (χ2v) is 5.54. The minimum atomic E-state index is -0.434. The lowest BCUT2D eigenvalue weighted by Gasteiger charge is -2.09. The standard InChI is InChI=1S/C21H20O5/c1-23-18-8-10-19(11-9-18)24-12-13-25-21(22)15-26-20-7-6-16-4-2-3-5-17(16)14-20/h2-11,14H,12-13,15H2,1H3. The summed E-state index contributed by atoms with van der Waals surface area (Å²) >= 11 is 0. The molecule has 0 atom stereocenters. The van der Waals surface area contributed by atoms with Crippen molar-refractivity contribution in [1.82, 2.24) is 0 Å². The Morgan fingerprint density at radius 2 is 1.46 bits per heavy atom.